The molecule has 0 bridgehead atoms. The molecule has 2 aliphatic rings. The van der Waals surface area contributed by atoms with Gasteiger partial charge in [-0.2, -0.15) is 0 Å². The summed E-state index contributed by atoms with van der Waals surface area (Å²) in [6.07, 6.45) is 1.66. The summed E-state index contributed by atoms with van der Waals surface area (Å²) in [6.45, 7) is 0.963. The Labute approximate surface area is 141 Å². The van der Waals surface area contributed by atoms with Gasteiger partial charge in [0.2, 0.25) is 5.91 Å². The molecule has 5 nitrogen and oxygen atoms in total. The van der Waals surface area contributed by atoms with Crippen LogP contribution in [0.1, 0.15) is 18.5 Å². The van der Waals surface area contributed by atoms with Crippen LogP contribution < -0.4 is 0 Å². The average molecular weight is 344 g/mol. The number of sulfone groups is 1. The second kappa shape index (κ2) is 5.84. The summed E-state index contributed by atoms with van der Waals surface area (Å²) in [4.78, 5) is 18.7. The van der Waals surface area contributed by atoms with Gasteiger partial charge in [-0.1, -0.05) is 24.3 Å². The summed E-state index contributed by atoms with van der Waals surface area (Å²) in [5, 5.41) is 0.755. The van der Waals surface area contributed by atoms with Gasteiger partial charge in [0.15, 0.2) is 9.84 Å². The van der Waals surface area contributed by atoms with Crippen LogP contribution in [0.5, 0.6) is 0 Å². The van der Waals surface area contributed by atoms with Crippen molar-refractivity contribution in [3.63, 3.8) is 0 Å². The van der Waals surface area contributed by atoms with Crippen molar-refractivity contribution in [1.82, 2.24) is 9.88 Å². The van der Waals surface area contributed by atoms with Gasteiger partial charge in [0.25, 0.3) is 0 Å². The number of hydrogen-bond donors (Lipinski definition) is 0. The number of rotatable bonds is 3. The van der Waals surface area contributed by atoms with Crippen LogP contribution in [0.4, 0.5) is 0 Å². The van der Waals surface area contributed by atoms with Gasteiger partial charge in [-0.3, -0.25) is 9.78 Å². The van der Waals surface area contributed by atoms with Crippen molar-refractivity contribution in [3.05, 3.63) is 42.1 Å². The minimum atomic E-state index is -2.99. The van der Waals surface area contributed by atoms with Crippen molar-refractivity contribution in [1.29, 1.82) is 0 Å². The monoisotopic (exact) mass is 344 g/mol. The summed E-state index contributed by atoms with van der Waals surface area (Å²) in [5.41, 5.74) is 1.83. The van der Waals surface area contributed by atoms with E-state index in [1.165, 1.54) is 0 Å². The maximum absolute atomic E-state index is 12.4. The molecule has 1 aromatic carbocycles. The molecule has 2 saturated heterocycles. The predicted molar refractivity (Wildman–Crippen MR) is 92.3 cm³/mol. The largest absolute Gasteiger partial charge is 0.341 e. The van der Waals surface area contributed by atoms with Crippen molar-refractivity contribution in [2.75, 3.05) is 18.8 Å². The molecule has 24 heavy (non-hydrogen) atoms. The lowest BCUT2D eigenvalue weighted by Crippen LogP contribution is -2.32. The number of benzene rings is 1. The van der Waals surface area contributed by atoms with Crippen LogP contribution in [-0.2, 0) is 21.1 Å². The number of carbonyl (C=O) groups excluding carboxylic acids is 1. The Morgan fingerprint density at radius 1 is 1.17 bits per heavy atom. The Balaban J connectivity index is 1.40. The summed E-state index contributed by atoms with van der Waals surface area (Å²) >= 11 is 0. The maximum atomic E-state index is 12.4. The smallest absolute Gasteiger partial charge is 0.223 e. The number of pyridine rings is 1. The molecule has 0 N–H and O–H groups in total. The van der Waals surface area contributed by atoms with E-state index in [-0.39, 0.29) is 22.8 Å². The lowest BCUT2D eigenvalue weighted by molar-refractivity contribution is -0.130. The molecule has 3 heterocycles. The van der Waals surface area contributed by atoms with E-state index in [4.69, 9.17) is 0 Å². The molecule has 6 heteroatoms. The van der Waals surface area contributed by atoms with Crippen molar-refractivity contribution >= 4 is 26.6 Å². The zero-order valence-electron chi connectivity index (χ0n) is 13.4. The number of nitrogens with zero attached hydrogens (tertiary/aromatic N) is 2. The van der Waals surface area contributed by atoms with Gasteiger partial charge in [0.05, 0.1) is 16.5 Å². The third-order valence-corrected chi connectivity index (χ3v) is 7.48. The van der Waals surface area contributed by atoms with E-state index in [1.807, 2.05) is 36.4 Å². The molecule has 0 saturated carbocycles. The number of hydrogen-bond acceptors (Lipinski definition) is 4. The normalized spacial score (nSPS) is 25.1. The zero-order valence-corrected chi connectivity index (χ0v) is 14.2. The molecule has 0 radical (unpaired) electrons. The number of amides is 1. The molecule has 2 fully saturated rings. The molecule has 0 aliphatic carbocycles. The van der Waals surface area contributed by atoms with E-state index in [9.17, 15) is 13.2 Å². The Kier molecular flexibility index (Phi) is 3.79. The first-order valence-electron chi connectivity index (χ1n) is 8.37. The minimum Gasteiger partial charge on any atom is -0.341 e. The highest BCUT2D eigenvalue weighted by atomic mass is 32.2. The van der Waals surface area contributed by atoms with Crippen molar-refractivity contribution < 1.29 is 13.2 Å². The standard InChI is InChI=1S/C18H20N2O3S/c21-18(20-11-14-9-10-24(22,23)17(14)12-20)8-7-15-6-5-13-3-1-2-4-16(13)19-15/h1-6,14,17H,7-12H2/t14-,17+/m0/s1. The fourth-order valence-corrected chi connectivity index (χ4v) is 5.99. The lowest BCUT2D eigenvalue weighted by Gasteiger charge is -2.17. The second-order valence-electron chi connectivity index (χ2n) is 6.75. The first-order chi connectivity index (χ1) is 11.5. The average Bonchev–Trinajstić information content (AvgIpc) is 3.13. The number of para-hydroxylation sites is 1. The van der Waals surface area contributed by atoms with Gasteiger partial charge in [0.1, 0.15) is 0 Å². The van der Waals surface area contributed by atoms with Crippen LogP contribution >= 0.6 is 0 Å². The molecule has 4 rings (SSSR count). The highest BCUT2D eigenvalue weighted by Crippen LogP contribution is 2.33. The number of fused-ring (bicyclic) bond motifs is 2. The maximum Gasteiger partial charge on any atom is 0.223 e. The zero-order chi connectivity index (χ0) is 16.7. The number of aryl methyl sites for hydroxylation is 1. The van der Waals surface area contributed by atoms with E-state index in [0.29, 0.717) is 32.4 Å². The molecule has 126 valence electrons. The molecule has 0 unspecified atom stereocenters. The van der Waals surface area contributed by atoms with Crippen LogP contribution in [0.15, 0.2) is 36.4 Å². The van der Waals surface area contributed by atoms with E-state index in [0.717, 1.165) is 16.6 Å². The van der Waals surface area contributed by atoms with Crippen molar-refractivity contribution in [3.8, 4) is 0 Å². The van der Waals surface area contributed by atoms with Crippen LogP contribution in [0, 0.1) is 5.92 Å². The van der Waals surface area contributed by atoms with Gasteiger partial charge >= 0.3 is 0 Å². The summed E-state index contributed by atoms with van der Waals surface area (Å²) < 4.78 is 23.9. The van der Waals surface area contributed by atoms with Gasteiger partial charge in [0, 0.05) is 30.6 Å². The molecule has 2 aromatic rings. The molecule has 2 aliphatic heterocycles. The van der Waals surface area contributed by atoms with Crippen LogP contribution in [0.3, 0.4) is 0 Å². The summed E-state index contributed by atoms with van der Waals surface area (Å²) in [6, 6.07) is 11.9. The Morgan fingerprint density at radius 2 is 2.00 bits per heavy atom. The highest BCUT2D eigenvalue weighted by Gasteiger charge is 2.47. The fraction of sp³-hybridized carbons (Fsp3) is 0.444. The molecular formula is C18H20N2O3S. The number of carbonyl (C=O) groups is 1. The summed E-state index contributed by atoms with van der Waals surface area (Å²) in [5.74, 6) is 0.457. The van der Waals surface area contributed by atoms with Gasteiger partial charge in [-0.15, -0.1) is 0 Å². The first kappa shape index (κ1) is 15.6. The number of aromatic nitrogens is 1. The van der Waals surface area contributed by atoms with Crippen molar-refractivity contribution in [2.45, 2.75) is 24.5 Å². The van der Waals surface area contributed by atoms with E-state index < -0.39 is 9.84 Å². The first-order valence-corrected chi connectivity index (χ1v) is 10.1. The van der Waals surface area contributed by atoms with Crippen molar-refractivity contribution in [2.24, 2.45) is 5.92 Å². The minimum absolute atomic E-state index is 0.0366. The molecule has 2 atom stereocenters. The Hall–Kier alpha value is -1.95. The van der Waals surface area contributed by atoms with Gasteiger partial charge in [-0.25, -0.2) is 8.42 Å². The quantitative estimate of drug-likeness (QED) is 0.852. The Morgan fingerprint density at radius 3 is 2.83 bits per heavy atom. The van der Waals surface area contributed by atoms with E-state index in [2.05, 4.69) is 4.98 Å². The third kappa shape index (κ3) is 2.79. The van der Waals surface area contributed by atoms with Crippen LogP contribution in [0.25, 0.3) is 10.9 Å². The topological polar surface area (TPSA) is 67.3 Å². The SMILES string of the molecule is O=C(CCc1ccc2ccccc2n1)N1C[C@@H]2CCS(=O)(=O)[C@@H]2C1. The number of likely N-dealkylation sites (tertiary alicyclic amines) is 1. The van der Waals surface area contributed by atoms with Gasteiger partial charge < -0.3 is 4.90 Å². The van der Waals surface area contributed by atoms with Crippen LogP contribution in [0.2, 0.25) is 0 Å². The molecular weight excluding hydrogens is 324 g/mol. The molecule has 0 spiro atoms. The molecule has 1 aromatic heterocycles. The lowest BCUT2D eigenvalue weighted by atomic mass is 10.1. The van der Waals surface area contributed by atoms with E-state index in [1.54, 1.807) is 4.90 Å². The second-order valence-corrected chi connectivity index (χ2v) is 9.09. The van der Waals surface area contributed by atoms with Gasteiger partial charge in [-0.05, 0) is 30.9 Å². The summed E-state index contributed by atoms with van der Waals surface area (Å²) in [7, 11) is -2.99. The predicted octanol–water partition coefficient (Wildman–Crippen LogP) is 1.81. The highest BCUT2D eigenvalue weighted by molar-refractivity contribution is 7.92. The van der Waals surface area contributed by atoms with E-state index >= 15 is 0 Å². The Bertz CT molecular complexity index is 894. The fourth-order valence-electron chi connectivity index (χ4n) is 3.84. The molecule has 1 amide bonds. The van der Waals surface area contributed by atoms with Crippen LogP contribution in [-0.4, -0.2) is 48.3 Å². The third-order valence-electron chi connectivity index (χ3n) is 5.22.